The highest BCUT2D eigenvalue weighted by Gasteiger charge is 2.23. The third kappa shape index (κ3) is 2.50. The Kier molecular flexibility index (Phi) is 3.74. The average Bonchev–Trinajstić information content (AvgIpc) is 2.41. The molecule has 0 aliphatic carbocycles. The van der Waals surface area contributed by atoms with Crippen molar-refractivity contribution in [3.63, 3.8) is 0 Å². The van der Waals surface area contributed by atoms with E-state index in [1.54, 1.807) is 0 Å². The summed E-state index contributed by atoms with van der Waals surface area (Å²) in [5.74, 6) is 0.132. The van der Waals surface area contributed by atoms with Gasteiger partial charge in [0.2, 0.25) is 9.84 Å². The first-order chi connectivity index (χ1) is 9.36. The molecular formula is C12H10ClN2O4S. The average molecular weight is 314 g/mol. The van der Waals surface area contributed by atoms with Gasteiger partial charge < -0.3 is 15.5 Å². The molecule has 2 rings (SSSR count). The molecule has 0 aliphatic heterocycles. The number of aromatic amines is 1. The lowest BCUT2D eigenvalue weighted by molar-refractivity contribution is 0.402. The SMILES string of the molecule is COc1ccc(Cl)cc1S(=O)(=O)c1[c]c(N)c(=O)[nH]c1. The number of aromatic nitrogens is 1. The largest absolute Gasteiger partial charge is 0.495 e. The van der Waals surface area contributed by atoms with Crippen molar-refractivity contribution in [3.05, 3.63) is 45.8 Å². The van der Waals surface area contributed by atoms with Crippen LogP contribution in [-0.2, 0) is 9.84 Å². The Morgan fingerprint density at radius 2 is 2.10 bits per heavy atom. The second-order valence-electron chi connectivity index (χ2n) is 3.82. The number of benzene rings is 1. The number of hydrogen-bond acceptors (Lipinski definition) is 5. The molecule has 0 saturated heterocycles. The Balaban J connectivity index is 2.69. The molecule has 1 heterocycles. The molecule has 0 unspecified atom stereocenters. The van der Waals surface area contributed by atoms with Crippen molar-refractivity contribution in [2.75, 3.05) is 12.8 Å². The van der Waals surface area contributed by atoms with Gasteiger partial charge in [-0.1, -0.05) is 11.6 Å². The number of methoxy groups -OCH3 is 1. The Hall–Kier alpha value is -1.99. The van der Waals surface area contributed by atoms with Crippen LogP contribution in [0, 0.1) is 6.07 Å². The highest BCUT2D eigenvalue weighted by atomic mass is 35.5. The summed E-state index contributed by atoms with van der Waals surface area (Å²) in [4.78, 5) is 13.0. The number of rotatable bonds is 3. The summed E-state index contributed by atoms with van der Waals surface area (Å²) in [5, 5.41) is 0.238. The zero-order valence-corrected chi connectivity index (χ0v) is 11.9. The monoisotopic (exact) mass is 313 g/mol. The molecule has 6 nitrogen and oxygen atoms in total. The van der Waals surface area contributed by atoms with E-state index in [4.69, 9.17) is 22.1 Å². The van der Waals surface area contributed by atoms with E-state index in [0.717, 1.165) is 6.20 Å². The van der Waals surface area contributed by atoms with Crippen molar-refractivity contribution < 1.29 is 13.2 Å². The summed E-state index contributed by atoms with van der Waals surface area (Å²) >= 11 is 5.81. The summed E-state index contributed by atoms with van der Waals surface area (Å²) in [6, 6.07) is 6.53. The summed E-state index contributed by atoms with van der Waals surface area (Å²) in [6.45, 7) is 0. The molecule has 2 aromatic rings. The molecule has 1 aromatic carbocycles. The number of H-pyrrole nitrogens is 1. The van der Waals surface area contributed by atoms with Crippen molar-refractivity contribution in [2.45, 2.75) is 9.79 Å². The molecule has 20 heavy (non-hydrogen) atoms. The predicted octanol–water partition coefficient (Wildman–Crippen LogP) is 1.25. The molecular weight excluding hydrogens is 304 g/mol. The van der Waals surface area contributed by atoms with Gasteiger partial charge in [-0.2, -0.15) is 0 Å². The standard InChI is InChI=1S/C12H10ClN2O4S/c1-19-10-3-2-7(13)4-11(10)20(17,18)8-5-9(14)12(16)15-6-8/h2-4,6H,14H2,1H3,(H,15,16). The lowest BCUT2D eigenvalue weighted by Crippen LogP contribution is -2.14. The molecule has 1 radical (unpaired) electrons. The number of pyridine rings is 1. The topological polar surface area (TPSA) is 102 Å². The van der Waals surface area contributed by atoms with Gasteiger partial charge in [-0.15, -0.1) is 0 Å². The molecule has 0 aliphatic rings. The normalized spacial score (nSPS) is 11.3. The van der Waals surface area contributed by atoms with Crippen LogP contribution in [-0.4, -0.2) is 20.5 Å². The van der Waals surface area contributed by atoms with Crippen molar-refractivity contribution in [1.82, 2.24) is 4.98 Å². The lowest BCUT2D eigenvalue weighted by atomic mass is 10.3. The first-order valence-electron chi connectivity index (χ1n) is 5.35. The van der Waals surface area contributed by atoms with Crippen LogP contribution in [0.2, 0.25) is 5.02 Å². The van der Waals surface area contributed by atoms with Crippen molar-refractivity contribution in [1.29, 1.82) is 0 Å². The van der Waals surface area contributed by atoms with Crippen molar-refractivity contribution in [3.8, 4) is 5.75 Å². The molecule has 0 amide bonds. The summed E-state index contributed by atoms with van der Waals surface area (Å²) in [5.41, 5.74) is 4.45. The molecule has 105 valence electrons. The molecule has 0 saturated carbocycles. The zero-order chi connectivity index (χ0) is 14.9. The molecule has 3 N–H and O–H groups in total. The highest BCUT2D eigenvalue weighted by molar-refractivity contribution is 7.91. The second kappa shape index (κ2) is 5.18. The van der Waals surface area contributed by atoms with E-state index >= 15 is 0 Å². The van der Waals surface area contributed by atoms with Gasteiger partial charge >= 0.3 is 0 Å². The second-order valence-corrected chi connectivity index (χ2v) is 6.14. The molecule has 0 spiro atoms. The predicted molar refractivity (Wildman–Crippen MR) is 73.8 cm³/mol. The number of ether oxygens (including phenoxy) is 1. The molecule has 8 heteroatoms. The summed E-state index contributed by atoms with van der Waals surface area (Å²) < 4.78 is 30.0. The van der Waals surface area contributed by atoms with E-state index in [9.17, 15) is 13.2 Å². The van der Waals surface area contributed by atoms with Crippen LogP contribution < -0.4 is 16.0 Å². The van der Waals surface area contributed by atoms with Crippen LogP contribution in [0.15, 0.2) is 39.0 Å². The molecule has 1 aromatic heterocycles. The van der Waals surface area contributed by atoms with Crippen molar-refractivity contribution >= 4 is 27.1 Å². The quantitative estimate of drug-likeness (QED) is 0.888. The Morgan fingerprint density at radius 1 is 1.40 bits per heavy atom. The van der Waals surface area contributed by atoms with Gasteiger partial charge in [0.1, 0.15) is 16.3 Å². The fourth-order valence-corrected chi connectivity index (χ4v) is 3.19. The van der Waals surface area contributed by atoms with Gasteiger partial charge in [-0.25, -0.2) is 8.42 Å². The number of nitrogens with two attached hydrogens (primary N) is 1. The Bertz CT molecular complexity index is 814. The maximum absolute atomic E-state index is 12.5. The number of halogens is 1. The first kappa shape index (κ1) is 14.4. The third-order valence-electron chi connectivity index (χ3n) is 2.54. The third-order valence-corrected chi connectivity index (χ3v) is 4.47. The first-order valence-corrected chi connectivity index (χ1v) is 7.21. The summed E-state index contributed by atoms with van der Waals surface area (Å²) in [7, 11) is -2.62. The van der Waals surface area contributed by atoms with Gasteiger partial charge in [0, 0.05) is 17.3 Å². The minimum Gasteiger partial charge on any atom is -0.495 e. The van der Waals surface area contributed by atoms with E-state index in [1.807, 2.05) is 0 Å². The number of sulfone groups is 1. The van der Waals surface area contributed by atoms with Crippen LogP contribution in [0.5, 0.6) is 5.75 Å². The molecule has 0 atom stereocenters. The van der Waals surface area contributed by atoms with E-state index in [0.29, 0.717) is 0 Å². The van der Waals surface area contributed by atoms with Crippen LogP contribution >= 0.6 is 11.6 Å². The maximum Gasteiger partial charge on any atom is 0.271 e. The highest BCUT2D eigenvalue weighted by Crippen LogP contribution is 2.31. The smallest absolute Gasteiger partial charge is 0.271 e. The maximum atomic E-state index is 12.5. The van der Waals surface area contributed by atoms with E-state index in [1.165, 1.54) is 25.3 Å². The number of nitrogen functional groups attached to an aromatic ring is 1. The number of anilines is 1. The summed E-state index contributed by atoms with van der Waals surface area (Å²) in [6.07, 6.45) is 1.02. The molecule has 0 fully saturated rings. The molecule has 0 bridgehead atoms. The van der Waals surface area contributed by atoms with Crippen LogP contribution in [0.1, 0.15) is 0 Å². The van der Waals surface area contributed by atoms with Crippen LogP contribution in [0.25, 0.3) is 0 Å². The van der Waals surface area contributed by atoms with Crippen molar-refractivity contribution in [2.24, 2.45) is 0 Å². The van der Waals surface area contributed by atoms with E-state index in [2.05, 4.69) is 11.1 Å². The van der Waals surface area contributed by atoms with Gasteiger partial charge in [-0.05, 0) is 18.2 Å². The lowest BCUT2D eigenvalue weighted by Gasteiger charge is -2.10. The Labute approximate surface area is 120 Å². The minimum atomic E-state index is -3.96. The number of hydrogen-bond donors (Lipinski definition) is 2. The van der Waals surface area contributed by atoms with Gasteiger partial charge in [-0.3, -0.25) is 4.79 Å². The fraction of sp³-hybridized carbons (Fsp3) is 0.0833. The fourth-order valence-electron chi connectivity index (χ4n) is 1.56. The van der Waals surface area contributed by atoms with Gasteiger partial charge in [0.25, 0.3) is 5.56 Å². The Morgan fingerprint density at radius 3 is 2.70 bits per heavy atom. The van der Waals surface area contributed by atoms with Crippen LogP contribution in [0.4, 0.5) is 5.69 Å². The minimum absolute atomic E-state index is 0.129. The van der Waals surface area contributed by atoms with E-state index < -0.39 is 15.4 Å². The van der Waals surface area contributed by atoms with Gasteiger partial charge in [0.05, 0.1) is 12.0 Å². The number of nitrogens with one attached hydrogen (secondary N) is 1. The van der Waals surface area contributed by atoms with Crippen LogP contribution in [0.3, 0.4) is 0 Å². The van der Waals surface area contributed by atoms with E-state index in [-0.39, 0.29) is 26.3 Å². The zero-order valence-electron chi connectivity index (χ0n) is 10.3. The van der Waals surface area contributed by atoms with Gasteiger partial charge in [0.15, 0.2) is 0 Å².